The molecule has 0 atom stereocenters. The number of aryl methyl sites for hydroxylation is 3. The number of nitrogens with one attached hydrogen (secondary N) is 2. The molecule has 0 aliphatic heterocycles. The van der Waals surface area contributed by atoms with Gasteiger partial charge in [-0.1, -0.05) is 6.07 Å². The van der Waals surface area contributed by atoms with Gasteiger partial charge in [0.1, 0.15) is 17.7 Å². The Labute approximate surface area is 196 Å². The SMILES string of the molecule is COc1c(Nc2nc(NCc3c(C)nn(C)c3C)ncc2C(N)=O)cccc1-c1ncn(C)n1. The van der Waals surface area contributed by atoms with Gasteiger partial charge in [-0.2, -0.15) is 15.2 Å². The lowest BCUT2D eigenvalue weighted by Crippen LogP contribution is -2.16. The molecule has 3 heterocycles. The number of aromatic nitrogens is 7. The van der Waals surface area contributed by atoms with Gasteiger partial charge in [-0.05, 0) is 26.0 Å². The second-order valence-corrected chi connectivity index (χ2v) is 7.70. The number of benzene rings is 1. The van der Waals surface area contributed by atoms with Crippen LogP contribution in [0.15, 0.2) is 30.7 Å². The molecule has 1 amide bonds. The fourth-order valence-corrected chi connectivity index (χ4v) is 3.61. The Morgan fingerprint density at radius 2 is 1.97 bits per heavy atom. The van der Waals surface area contributed by atoms with Gasteiger partial charge < -0.3 is 21.1 Å². The maximum Gasteiger partial charge on any atom is 0.254 e. The second kappa shape index (κ2) is 9.17. The number of anilines is 3. The topological polar surface area (TPSA) is 151 Å². The molecule has 0 aliphatic carbocycles. The fraction of sp³-hybridized carbons (Fsp3) is 0.273. The van der Waals surface area contributed by atoms with Crippen LogP contribution in [0.5, 0.6) is 5.75 Å². The highest BCUT2D eigenvalue weighted by Crippen LogP contribution is 2.36. The van der Waals surface area contributed by atoms with Crippen molar-refractivity contribution in [3.05, 3.63) is 53.2 Å². The normalized spacial score (nSPS) is 10.9. The Morgan fingerprint density at radius 1 is 1.18 bits per heavy atom. The Balaban J connectivity index is 1.66. The van der Waals surface area contributed by atoms with Gasteiger partial charge in [0.25, 0.3) is 5.91 Å². The van der Waals surface area contributed by atoms with Crippen LogP contribution in [0.1, 0.15) is 27.3 Å². The summed E-state index contributed by atoms with van der Waals surface area (Å²) in [6.07, 6.45) is 2.99. The molecule has 0 fully saturated rings. The van der Waals surface area contributed by atoms with Crippen LogP contribution in [0.3, 0.4) is 0 Å². The molecule has 3 aromatic heterocycles. The highest BCUT2D eigenvalue weighted by atomic mass is 16.5. The Kier molecular flexibility index (Phi) is 6.13. The van der Waals surface area contributed by atoms with E-state index < -0.39 is 5.91 Å². The molecule has 0 spiro atoms. The fourth-order valence-electron chi connectivity index (χ4n) is 3.61. The lowest BCUT2D eigenvalue weighted by molar-refractivity contribution is 0.100. The molecule has 0 radical (unpaired) electrons. The number of primary amides is 1. The standard InChI is InChI=1S/C22H26N10O2/c1-12-15(13(2)32(4)29-12)9-24-22-25-10-16(19(23)33)21(28-22)27-17-8-6-7-14(18(17)34-5)20-26-11-31(3)30-20/h6-8,10-11H,9H2,1-5H3,(H2,23,33)(H2,24,25,27,28). The number of methoxy groups -OCH3 is 1. The van der Waals surface area contributed by atoms with E-state index in [0.717, 1.165) is 17.0 Å². The zero-order valence-electron chi connectivity index (χ0n) is 19.6. The smallest absolute Gasteiger partial charge is 0.254 e. The van der Waals surface area contributed by atoms with Crippen molar-refractivity contribution in [1.29, 1.82) is 0 Å². The van der Waals surface area contributed by atoms with Crippen molar-refractivity contribution in [1.82, 2.24) is 34.5 Å². The first-order valence-electron chi connectivity index (χ1n) is 10.5. The molecule has 176 valence electrons. The Morgan fingerprint density at radius 3 is 2.59 bits per heavy atom. The van der Waals surface area contributed by atoms with Gasteiger partial charge in [0, 0.05) is 38.1 Å². The van der Waals surface area contributed by atoms with Crippen LogP contribution in [-0.4, -0.2) is 47.5 Å². The van der Waals surface area contributed by atoms with Crippen LogP contribution >= 0.6 is 0 Å². The molecule has 0 bridgehead atoms. The number of nitrogens with zero attached hydrogens (tertiary/aromatic N) is 7. The molecule has 4 aromatic rings. The number of carbonyl (C=O) groups excluding carboxylic acids is 1. The first kappa shape index (κ1) is 22.7. The molecule has 0 saturated carbocycles. The molecule has 12 heteroatoms. The van der Waals surface area contributed by atoms with Crippen LogP contribution in [0, 0.1) is 13.8 Å². The van der Waals surface area contributed by atoms with Crippen LogP contribution in [0.2, 0.25) is 0 Å². The Hall–Kier alpha value is -4.48. The third-order valence-corrected chi connectivity index (χ3v) is 5.45. The number of rotatable bonds is 8. The third-order valence-electron chi connectivity index (χ3n) is 5.45. The molecule has 34 heavy (non-hydrogen) atoms. The van der Waals surface area contributed by atoms with Gasteiger partial charge in [-0.15, -0.1) is 0 Å². The average Bonchev–Trinajstić information content (AvgIpc) is 3.34. The van der Waals surface area contributed by atoms with Crippen molar-refractivity contribution < 1.29 is 9.53 Å². The van der Waals surface area contributed by atoms with Gasteiger partial charge in [-0.3, -0.25) is 14.2 Å². The average molecular weight is 463 g/mol. The van der Waals surface area contributed by atoms with Crippen molar-refractivity contribution in [3.63, 3.8) is 0 Å². The van der Waals surface area contributed by atoms with Crippen molar-refractivity contribution in [2.24, 2.45) is 19.8 Å². The summed E-state index contributed by atoms with van der Waals surface area (Å²) < 4.78 is 9.07. The van der Waals surface area contributed by atoms with Gasteiger partial charge in [0.15, 0.2) is 11.6 Å². The van der Waals surface area contributed by atoms with E-state index in [1.165, 1.54) is 6.20 Å². The lowest BCUT2D eigenvalue weighted by atomic mass is 10.1. The zero-order chi connectivity index (χ0) is 24.4. The quantitative estimate of drug-likeness (QED) is 0.357. The molecule has 1 aromatic carbocycles. The monoisotopic (exact) mass is 462 g/mol. The van der Waals surface area contributed by atoms with E-state index in [2.05, 4.69) is 35.8 Å². The summed E-state index contributed by atoms with van der Waals surface area (Å²) in [6, 6.07) is 5.47. The number of nitrogens with two attached hydrogens (primary N) is 1. The molecular formula is C22H26N10O2. The van der Waals surface area contributed by atoms with E-state index in [1.54, 1.807) is 31.2 Å². The highest BCUT2D eigenvalue weighted by Gasteiger charge is 2.18. The van der Waals surface area contributed by atoms with E-state index >= 15 is 0 Å². The minimum absolute atomic E-state index is 0.141. The molecule has 0 unspecified atom stereocenters. The van der Waals surface area contributed by atoms with Crippen molar-refractivity contribution in [2.75, 3.05) is 17.7 Å². The van der Waals surface area contributed by atoms with E-state index in [9.17, 15) is 4.79 Å². The number of ether oxygens (including phenoxy) is 1. The molecule has 0 saturated heterocycles. The van der Waals surface area contributed by atoms with E-state index in [0.29, 0.717) is 35.3 Å². The molecule has 4 rings (SSSR count). The largest absolute Gasteiger partial charge is 0.494 e. The summed E-state index contributed by atoms with van der Waals surface area (Å²) in [7, 11) is 5.23. The van der Waals surface area contributed by atoms with Crippen LogP contribution in [0.25, 0.3) is 11.4 Å². The van der Waals surface area contributed by atoms with Crippen molar-refractivity contribution >= 4 is 23.4 Å². The third kappa shape index (κ3) is 4.37. The van der Waals surface area contributed by atoms with E-state index in [4.69, 9.17) is 10.5 Å². The van der Waals surface area contributed by atoms with Gasteiger partial charge in [0.05, 0.1) is 24.1 Å². The van der Waals surface area contributed by atoms with Gasteiger partial charge in [-0.25, -0.2) is 9.97 Å². The summed E-state index contributed by atoms with van der Waals surface area (Å²) in [4.78, 5) is 25.1. The zero-order valence-corrected chi connectivity index (χ0v) is 19.6. The highest BCUT2D eigenvalue weighted by molar-refractivity contribution is 5.98. The van der Waals surface area contributed by atoms with E-state index in [1.807, 2.05) is 37.7 Å². The van der Waals surface area contributed by atoms with Crippen LogP contribution in [0.4, 0.5) is 17.5 Å². The van der Waals surface area contributed by atoms with Crippen LogP contribution in [-0.2, 0) is 20.6 Å². The van der Waals surface area contributed by atoms with Gasteiger partial charge in [0.2, 0.25) is 5.95 Å². The summed E-state index contributed by atoms with van der Waals surface area (Å²) in [5.41, 5.74) is 9.99. The number of hydrogen-bond donors (Lipinski definition) is 3. The minimum atomic E-state index is -0.658. The molecule has 0 aliphatic rings. The number of amides is 1. The van der Waals surface area contributed by atoms with E-state index in [-0.39, 0.29) is 11.4 Å². The predicted octanol–water partition coefficient (Wildman–Crippen LogP) is 2.09. The summed E-state index contributed by atoms with van der Waals surface area (Å²) in [6.45, 7) is 4.42. The summed E-state index contributed by atoms with van der Waals surface area (Å²) in [5, 5.41) is 15.1. The number of para-hydroxylation sites is 1. The predicted molar refractivity (Wildman–Crippen MR) is 127 cm³/mol. The summed E-state index contributed by atoms with van der Waals surface area (Å²) in [5.74, 6) is 0.921. The molecular weight excluding hydrogens is 436 g/mol. The van der Waals surface area contributed by atoms with Crippen LogP contribution < -0.4 is 21.1 Å². The molecule has 4 N–H and O–H groups in total. The lowest BCUT2D eigenvalue weighted by Gasteiger charge is -2.15. The van der Waals surface area contributed by atoms with Crippen molar-refractivity contribution in [3.8, 4) is 17.1 Å². The Bertz CT molecular complexity index is 1360. The maximum atomic E-state index is 12.1. The minimum Gasteiger partial charge on any atom is -0.494 e. The second-order valence-electron chi connectivity index (χ2n) is 7.70. The molecule has 12 nitrogen and oxygen atoms in total. The van der Waals surface area contributed by atoms with Crippen molar-refractivity contribution in [2.45, 2.75) is 20.4 Å². The maximum absolute atomic E-state index is 12.1. The first-order chi connectivity index (χ1) is 16.3. The number of carbonyl (C=O) groups is 1. The summed E-state index contributed by atoms with van der Waals surface area (Å²) >= 11 is 0. The van der Waals surface area contributed by atoms with Gasteiger partial charge >= 0.3 is 0 Å². The first-order valence-corrected chi connectivity index (χ1v) is 10.5. The number of hydrogen-bond acceptors (Lipinski definition) is 9.